The normalized spacial score (nSPS) is 17.3. The maximum Gasteiger partial charge on any atom is 0.0696 e. The molecule has 0 heterocycles. The fourth-order valence-electron chi connectivity index (χ4n) is 2.94. The topological polar surface area (TPSA) is 97.5 Å². The van der Waals surface area contributed by atoms with E-state index in [-0.39, 0.29) is 0 Å². The quantitative estimate of drug-likeness (QED) is 0.360. The van der Waals surface area contributed by atoms with Gasteiger partial charge in [0, 0.05) is 21.7 Å². The van der Waals surface area contributed by atoms with E-state index in [1.807, 2.05) is 79.9 Å². The predicted octanol–water partition coefficient (Wildman–Crippen LogP) is 5.87. The van der Waals surface area contributed by atoms with Gasteiger partial charge in [-0.25, -0.2) is 0 Å². The van der Waals surface area contributed by atoms with Crippen molar-refractivity contribution in [1.29, 1.82) is 0 Å². The lowest BCUT2D eigenvalue weighted by atomic mass is 9.79. The van der Waals surface area contributed by atoms with Crippen molar-refractivity contribution in [2.45, 2.75) is 12.1 Å². The van der Waals surface area contributed by atoms with Crippen LogP contribution in [-0.4, -0.2) is 0 Å². The van der Waals surface area contributed by atoms with Crippen LogP contribution in [0.5, 0.6) is 0 Å². The van der Waals surface area contributed by atoms with Gasteiger partial charge in [0.1, 0.15) is 0 Å². The third kappa shape index (κ3) is 3.77. The van der Waals surface area contributed by atoms with Crippen molar-refractivity contribution < 1.29 is 0 Å². The first kappa shape index (κ1) is 16.9. The molecule has 1 saturated carbocycles. The van der Waals surface area contributed by atoms with E-state index in [1.54, 1.807) is 0 Å². The molecule has 5 radical (unpaired) electrons. The van der Waals surface area contributed by atoms with Gasteiger partial charge in [-0.3, -0.25) is 0 Å². The largest absolute Gasteiger partial charge is 0.0853 e. The number of hydrogen-bond donors (Lipinski definition) is 0. The van der Waals surface area contributed by atoms with Crippen LogP contribution < -0.4 is 0 Å². The van der Waals surface area contributed by atoms with E-state index in [0.29, 0.717) is 0 Å². The van der Waals surface area contributed by atoms with Gasteiger partial charge in [-0.15, -0.1) is 0 Å². The first-order valence-electron chi connectivity index (χ1n) is 7.79. The molecule has 0 saturated heterocycles. The molecule has 1 aliphatic rings. The zero-order valence-electron chi connectivity index (χ0n) is 13.3. The maximum atomic E-state index is 9.02. The van der Waals surface area contributed by atoms with E-state index in [4.69, 9.17) is 11.1 Å². The fraction of sp³-hybridized carbons (Fsp3) is 0.105. The van der Waals surface area contributed by atoms with Gasteiger partial charge < -0.3 is 0 Å². The molecule has 3 rings (SSSR count). The molecule has 121 valence electrons. The van der Waals surface area contributed by atoms with Crippen molar-refractivity contribution in [2.75, 3.05) is 0 Å². The van der Waals surface area contributed by atoms with Crippen LogP contribution in [0.25, 0.3) is 20.9 Å². The van der Waals surface area contributed by atoms with E-state index in [1.165, 1.54) is 0 Å². The Hall–Kier alpha value is -2.94. The van der Waals surface area contributed by atoms with Gasteiger partial charge in [0.25, 0.3) is 0 Å². The van der Waals surface area contributed by atoms with Gasteiger partial charge in [-0.2, -0.15) is 0 Å². The lowest BCUT2D eigenvalue weighted by molar-refractivity contribution is 0.666. The van der Waals surface area contributed by atoms with Gasteiger partial charge in [-0.05, 0) is 41.5 Å². The second-order valence-corrected chi connectivity index (χ2v) is 5.47. The molecule has 0 aromatic heterocycles. The Morgan fingerprint density at radius 1 is 0.640 bits per heavy atom. The Morgan fingerprint density at radius 2 is 1.04 bits per heavy atom. The number of azide groups is 2. The summed E-state index contributed by atoms with van der Waals surface area (Å²) in [4.78, 5) is 6.02. The summed E-state index contributed by atoms with van der Waals surface area (Å²) in [6.07, 6.45) is 5.70. The third-order valence-electron chi connectivity index (χ3n) is 4.04. The number of rotatable bonds is 6. The molecule has 6 nitrogen and oxygen atoms in total. The lowest BCUT2D eigenvalue weighted by Crippen LogP contribution is -2.18. The molecule has 0 bridgehead atoms. The molecule has 0 spiro atoms. The van der Waals surface area contributed by atoms with Gasteiger partial charge in [-0.1, -0.05) is 70.9 Å². The van der Waals surface area contributed by atoms with Crippen LogP contribution >= 0.6 is 0 Å². The average molecular weight is 327 g/mol. The Balaban J connectivity index is 1.97. The first-order chi connectivity index (χ1) is 12.3. The van der Waals surface area contributed by atoms with Crippen molar-refractivity contribution in [3.8, 4) is 0 Å². The van der Waals surface area contributed by atoms with Crippen molar-refractivity contribution in [3.05, 3.63) is 124 Å². The standard InChI is InChI=1S/C19H15N6/c20-24-22-18(14-8-3-1-4-9-14)16-12-7-13-17(16)19(23-25-21)15-10-5-2-6-11-15/h1-13,18-19H/t18-,19-/m0/s1. The van der Waals surface area contributed by atoms with Gasteiger partial charge in [0.2, 0.25) is 0 Å². The maximum absolute atomic E-state index is 9.02. The molecular weight excluding hydrogens is 312 g/mol. The van der Waals surface area contributed by atoms with Gasteiger partial charge in [0.05, 0.1) is 12.1 Å². The van der Waals surface area contributed by atoms with Crippen molar-refractivity contribution >= 4 is 0 Å². The minimum absolute atomic E-state index is 0.476. The summed E-state index contributed by atoms with van der Waals surface area (Å²) in [5.41, 5.74) is 19.8. The minimum atomic E-state index is -0.476. The molecule has 25 heavy (non-hydrogen) atoms. The highest BCUT2D eigenvalue weighted by molar-refractivity contribution is 5.53. The van der Waals surface area contributed by atoms with E-state index >= 15 is 0 Å². The Kier molecular flexibility index (Phi) is 5.57. The van der Waals surface area contributed by atoms with Crippen LogP contribution in [0, 0.1) is 31.1 Å². The lowest BCUT2D eigenvalue weighted by Gasteiger charge is -2.28. The summed E-state index contributed by atoms with van der Waals surface area (Å²) in [6.45, 7) is 0. The summed E-state index contributed by atoms with van der Waals surface area (Å²) in [5, 5.41) is 7.96. The number of nitrogens with zero attached hydrogens (tertiary/aromatic N) is 6. The van der Waals surface area contributed by atoms with Crippen molar-refractivity contribution in [3.63, 3.8) is 0 Å². The highest BCUT2D eigenvalue weighted by Crippen LogP contribution is 2.50. The van der Waals surface area contributed by atoms with E-state index in [9.17, 15) is 0 Å². The minimum Gasteiger partial charge on any atom is -0.0853 e. The van der Waals surface area contributed by atoms with E-state index < -0.39 is 12.1 Å². The van der Waals surface area contributed by atoms with Crippen LogP contribution in [0.15, 0.2) is 70.9 Å². The summed E-state index contributed by atoms with van der Waals surface area (Å²) in [7, 11) is 0. The Bertz CT molecular complexity index is 711. The van der Waals surface area contributed by atoms with Crippen molar-refractivity contribution in [2.24, 2.45) is 10.2 Å². The molecule has 0 N–H and O–H groups in total. The van der Waals surface area contributed by atoms with Gasteiger partial charge >= 0.3 is 0 Å². The monoisotopic (exact) mass is 327 g/mol. The molecule has 2 aromatic rings. The average Bonchev–Trinajstić information content (AvgIpc) is 3.14. The Labute approximate surface area is 146 Å². The Morgan fingerprint density at radius 3 is 1.40 bits per heavy atom. The molecule has 1 aliphatic carbocycles. The van der Waals surface area contributed by atoms with Crippen molar-refractivity contribution in [1.82, 2.24) is 0 Å². The van der Waals surface area contributed by atoms with Crippen LogP contribution in [0.2, 0.25) is 0 Å². The zero-order valence-corrected chi connectivity index (χ0v) is 13.3. The molecule has 1 fully saturated rings. The van der Waals surface area contributed by atoms with Crippen LogP contribution in [0.1, 0.15) is 23.2 Å². The zero-order chi connectivity index (χ0) is 17.5. The number of hydrogen-bond acceptors (Lipinski definition) is 2. The second kappa shape index (κ2) is 8.25. The van der Waals surface area contributed by atoms with Gasteiger partial charge in [0.15, 0.2) is 0 Å². The third-order valence-corrected chi connectivity index (χ3v) is 4.04. The second-order valence-electron chi connectivity index (χ2n) is 5.47. The van der Waals surface area contributed by atoms with E-state index in [0.717, 1.165) is 23.0 Å². The fourth-order valence-corrected chi connectivity index (χ4v) is 2.94. The number of benzene rings is 2. The summed E-state index contributed by atoms with van der Waals surface area (Å²) < 4.78 is 0. The molecule has 2 atom stereocenters. The highest BCUT2D eigenvalue weighted by Gasteiger charge is 2.40. The van der Waals surface area contributed by atoms with Crippen LogP contribution in [0.3, 0.4) is 0 Å². The predicted molar refractivity (Wildman–Crippen MR) is 96.0 cm³/mol. The summed E-state index contributed by atoms with van der Waals surface area (Å²) in [5.74, 6) is 1.68. The molecular formula is C19H15N6. The summed E-state index contributed by atoms with van der Waals surface area (Å²) in [6, 6.07) is 18.2. The first-order valence-corrected chi connectivity index (χ1v) is 7.79. The molecule has 2 aromatic carbocycles. The molecule has 0 amide bonds. The molecule has 0 unspecified atom stereocenters. The molecule has 6 heteroatoms. The highest BCUT2D eigenvalue weighted by atomic mass is 15.2. The SMILES string of the molecule is [N-]=[N+]=N[C@H]([C]1[CH][CH][CH][C]1[C@@H](N=[N+]=[N-])c1ccccc1)c1ccccc1. The van der Waals surface area contributed by atoms with E-state index in [2.05, 4.69) is 20.1 Å². The van der Waals surface area contributed by atoms with Crippen LogP contribution in [-0.2, 0) is 0 Å². The summed E-state index contributed by atoms with van der Waals surface area (Å²) >= 11 is 0. The smallest absolute Gasteiger partial charge is 0.0696 e. The van der Waals surface area contributed by atoms with Crippen LogP contribution in [0.4, 0.5) is 0 Å². The molecule has 0 aliphatic heterocycles.